The number of fused-ring (bicyclic) bond motifs is 2. The highest BCUT2D eigenvalue weighted by molar-refractivity contribution is 5.61. The molecule has 5 rings (SSSR count). The maximum Gasteiger partial charge on any atom is 0.115 e. The van der Waals surface area contributed by atoms with Gasteiger partial charge >= 0.3 is 0 Å². The van der Waals surface area contributed by atoms with Crippen molar-refractivity contribution in [1.82, 2.24) is 9.80 Å². The Hall–Kier alpha value is -1.10. The van der Waals surface area contributed by atoms with E-state index in [0.717, 1.165) is 32.2 Å². The Morgan fingerprint density at radius 2 is 2.04 bits per heavy atom. The largest absolute Gasteiger partial charge is 0.508 e. The van der Waals surface area contributed by atoms with Crippen molar-refractivity contribution in [1.29, 1.82) is 0 Å². The number of benzene rings is 1. The molecule has 5 atom stereocenters. The van der Waals surface area contributed by atoms with Crippen LogP contribution in [0.4, 0.5) is 0 Å². The molecule has 0 radical (unpaired) electrons. The van der Waals surface area contributed by atoms with Crippen molar-refractivity contribution < 1.29 is 10.2 Å². The lowest BCUT2D eigenvalue weighted by Crippen LogP contribution is -2.74. The molecule has 4 nitrogen and oxygen atoms in total. The number of hydrogen-bond donors (Lipinski definition) is 2. The molecule has 4 aliphatic rings. The van der Waals surface area contributed by atoms with Crippen LogP contribution in [0.5, 0.6) is 5.75 Å². The lowest BCUT2D eigenvalue weighted by Gasteiger charge is -2.62. The monoisotopic (exact) mass is 314 g/mol. The summed E-state index contributed by atoms with van der Waals surface area (Å²) < 4.78 is 0. The molecule has 2 spiro atoms. The van der Waals surface area contributed by atoms with Crippen molar-refractivity contribution in [3.8, 4) is 5.75 Å². The molecule has 1 saturated heterocycles. The van der Waals surface area contributed by atoms with Crippen molar-refractivity contribution in [3.63, 3.8) is 0 Å². The number of rotatable bonds is 1. The lowest BCUT2D eigenvalue weighted by molar-refractivity contribution is -0.145. The minimum atomic E-state index is -0.646. The molecule has 1 aromatic rings. The van der Waals surface area contributed by atoms with Gasteiger partial charge in [0.2, 0.25) is 0 Å². The zero-order valence-electron chi connectivity index (χ0n) is 14.2. The zero-order valence-corrected chi connectivity index (χ0v) is 14.2. The molecule has 3 aliphatic carbocycles. The molecule has 2 bridgehead atoms. The zero-order chi connectivity index (χ0) is 16.2. The molecule has 1 aliphatic heterocycles. The maximum atomic E-state index is 11.8. The van der Waals surface area contributed by atoms with Gasteiger partial charge in [0.1, 0.15) is 5.75 Å². The van der Waals surface area contributed by atoms with Crippen LogP contribution in [0, 0.1) is 0 Å². The summed E-state index contributed by atoms with van der Waals surface area (Å²) in [5.41, 5.74) is 1.89. The van der Waals surface area contributed by atoms with E-state index in [2.05, 4.69) is 37.0 Å². The van der Waals surface area contributed by atoms with E-state index in [1.807, 2.05) is 12.1 Å². The van der Waals surface area contributed by atoms with Gasteiger partial charge in [0, 0.05) is 29.5 Å². The van der Waals surface area contributed by atoms with E-state index >= 15 is 0 Å². The Morgan fingerprint density at radius 1 is 1.26 bits per heavy atom. The Labute approximate surface area is 137 Å². The molecule has 3 unspecified atom stereocenters. The van der Waals surface area contributed by atoms with E-state index in [9.17, 15) is 10.2 Å². The fourth-order valence-electron chi connectivity index (χ4n) is 6.94. The third-order valence-electron chi connectivity index (χ3n) is 7.62. The highest BCUT2D eigenvalue weighted by Gasteiger charge is 2.80. The Kier molecular flexibility index (Phi) is 2.44. The number of hydrogen-bond acceptors (Lipinski definition) is 4. The smallest absolute Gasteiger partial charge is 0.115 e. The fourth-order valence-corrected chi connectivity index (χ4v) is 6.94. The fraction of sp³-hybridized carbons (Fsp3) is 0.684. The van der Waals surface area contributed by atoms with Crippen LogP contribution in [-0.4, -0.2) is 65.4 Å². The van der Waals surface area contributed by atoms with Crippen molar-refractivity contribution in [2.24, 2.45) is 0 Å². The van der Waals surface area contributed by atoms with E-state index in [-0.39, 0.29) is 16.9 Å². The predicted octanol–water partition coefficient (Wildman–Crippen LogP) is 1.44. The average molecular weight is 314 g/mol. The molecular weight excluding hydrogens is 288 g/mol. The minimum absolute atomic E-state index is 0.105. The summed E-state index contributed by atoms with van der Waals surface area (Å²) in [6.45, 7) is 1.03. The normalized spacial score (nSPS) is 47.2. The molecule has 2 saturated carbocycles. The number of aromatic hydroxyl groups is 1. The van der Waals surface area contributed by atoms with Gasteiger partial charge in [-0.15, -0.1) is 0 Å². The van der Waals surface area contributed by atoms with Gasteiger partial charge in [0.25, 0.3) is 0 Å². The van der Waals surface area contributed by atoms with Crippen LogP contribution in [0.1, 0.15) is 36.8 Å². The van der Waals surface area contributed by atoms with Crippen molar-refractivity contribution >= 4 is 0 Å². The van der Waals surface area contributed by atoms with Crippen LogP contribution in [0.25, 0.3) is 0 Å². The van der Waals surface area contributed by atoms with Crippen LogP contribution in [0.2, 0.25) is 0 Å². The quantitative estimate of drug-likeness (QED) is 0.823. The van der Waals surface area contributed by atoms with E-state index < -0.39 is 5.60 Å². The van der Waals surface area contributed by atoms with Crippen molar-refractivity contribution in [2.45, 2.75) is 54.2 Å². The van der Waals surface area contributed by atoms with E-state index in [4.69, 9.17) is 0 Å². The summed E-state index contributed by atoms with van der Waals surface area (Å²) in [6.07, 6.45) is 3.97. The third kappa shape index (κ3) is 1.33. The first-order chi connectivity index (χ1) is 10.8. The first-order valence-electron chi connectivity index (χ1n) is 8.77. The molecule has 2 N–H and O–H groups in total. The number of phenols is 1. The molecular formula is C19H26N2O2. The number of phenolic OH excluding ortho intramolecular Hbond substituents is 1. The minimum Gasteiger partial charge on any atom is -0.508 e. The van der Waals surface area contributed by atoms with Gasteiger partial charge in [-0.05, 0) is 70.1 Å². The van der Waals surface area contributed by atoms with E-state index in [1.165, 1.54) is 11.1 Å². The SMILES string of the molecule is CN(C)C1CCC2(O)[C@@H]3N(C)CC34C[C@@]2(C1)c1cc(O)ccc14. The molecule has 3 fully saturated rings. The number of likely N-dealkylation sites (tertiary alicyclic amines) is 1. The highest BCUT2D eigenvalue weighted by atomic mass is 16.3. The van der Waals surface area contributed by atoms with Gasteiger partial charge in [0.05, 0.1) is 5.60 Å². The standard InChI is InChI=1S/C19H26N2O2/c1-20(2)12-6-7-19(23)16-17(11-21(16)3)10-18(19,9-12)15-8-13(22)4-5-14(15)17/h4-5,8,12,16,22-23H,6-7,9-11H2,1-3H3/t12?,16-,17?,18+,19?/m1/s1. The second-order valence-electron chi connectivity index (χ2n) is 8.75. The number of nitrogens with zero attached hydrogens (tertiary/aromatic N) is 2. The second-order valence-corrected chi connectivity index (χ2v) is 8.75. The van der Waals surface area contributed by atoms with Gasteiger partial charge in [0.15, 0.2) is 0 Å². The first kappa shape index (κ1) is 14.3. The highest BCUT2D eigenvalue weighted by Crippen LogP contribution is 2.73. The molecule has 1 heterocycles. The second kappa shape index (κ2) is 3.93. The van der Waals surface area contributed by atoms with Crippen LogP contribution in [0.3, 0.4) is 0 Å². The van der Waals surface area contributed by atoms with E-state index in [0.29, 0.717) is 11.8 Å². The molecule has 1 aromatic carbocycles. The van der Waals surface area contributed by atoms with Crippen LogP contribution in [0.15, 0.2) is 18.2 Å². The summed E-state index contributed by atoms with van der Waals surface area (Å²) in [6, 6.07) is 6.64. The van der Waals surface area contributed by atoms with Crippen LogP contribution in [-0.2, 0) is 10.8 Å². The predicted molar refractivity (Wildman–Crippen MR) is 88.8 cm³/mol. The average Bonchev–Trinajstić information content (AvgIpc) is 2.84. The number of aliphatic hydroxyl groups is 1. The molecule has 124 valence electrons. The van der Waals surface area contributed by atoms with Crippen molar-refractivity contribution in [3.05, 3.63) is 29.3 Å². The summed E-state index contributed by atoms with van der Waals surface area (Å²) >= 11 is 0. The van der Waals surface area contributed by atoms with Gasteiger partial charge in [-0.2, -0.15) is 0 Å². The first-order valence-corrected chi connectivity index (χ1v) is 8.77. The molecule has 4 heteroatoms. The van der Waals surface area contributed by atoms with Gasteiger partial charge in [-0.25, -0.2) is 0 Å². The Bertz CT molecular complexity index is 705. The third-order valence-corrected chi connectivity index (χ3v) is 7.62. The maximum absolute atomic E-state index is 11.8. The van der Waals surface area contributed by atoms with E-state index in [1.54, 1.807) is 0 Å². The van der Waals surface area contributed by atoms with Crippen LogP contribution >= 0.6 is 0 Å². The van der Waals surface area contributed by atoms with Crippen LogP contribution < -0.4 is 0 Å². The van der Waals surface area contributed by atoms with Gasteiger partial charge in [-0.1, -0.05) is 6.07 Å². The molecule has 23 heavy (non-hydrogen) atoms. The molecule has 0 aromatic heterocycles. The Balaban J connectivity index is 1.74. The summed E-state index contributed by atoms with van der Waals surface area (Å²) in [4.78, 5) is 4.67. The Morgan fingerprint density at radius 3 is 2.74 bits per heavy atom. The summed E-state index contributed by atoms with van der Waals surface area (Å²) in [5.74, 6) is 0.334. The van der Waals surface area contributed by atoms with Crippen molar-refractivity contribution in [2.75, 3.05) is 27.7 Å². The number of likely N-dealkylation sites (N-methyl/N-ethyl adjacent to an activating group) is 1. The van der Waals surface area contributed by atoms with Gasteiger partial charge in [-0.3, -0.25) is 4.90 Å². The summed E-state index contributed by atoms with van der Waals surface area (Å²) in [7, 11) is 6.45. The summed E-state index contributed by atoms with van der Waals surface area (Å²) in [5, 5.41) is 21.9. The topological polar surface area (TPSA) is 46.9 Å². The van der Waals surface area contributed by atoms with Gasteiger partial charge < -0.3 is 15.1 Å². The molecule has 0 amide bonds. The lowest BCUT2D eigenvalue weighted by atomic mass is 9.55.